The van der Waals surface area contributed by atoms with Crippen molar-refractivity contribution in [2.45, 2.75) is 6.92 Å². The molecule has 0 aliphatic rings. The third-order valence-electron chi connectivity index (χ3n) is 3.85. The molecule has 0 amide bonds. The van der Waals surface area contributed by atoms with Gasteiger partial charge in [0.2, 0.25) is 0 Å². The fraction of sp³-hybridized carbons (Fsp3) is 0.0556. The molecule has 0 fully saturated rings. The fourth-order valence-corrected chi connectivity index (χ4v) is 2.90. The quantitative estimate of drug-likeness (QED) is 0.434. The van der Waals surface area contributed by atoms with Crippen LogP contribution in [-0.2, 0) is 0 Å². The van der Waals surface area contributed by atoms with Crippen molar-refractivity contribution in [1.29, 1.82) is 0 Å². The predicted molar refractivity (Wildman–Crippen MR) is 99.7 cm³/mol. The van der Waals surface area contributed by atoms with Crippen LogP contribution in [0.4, 0.5) is 5.82 Å². The number of nitrogens with zero attached hydrogens (tertiary/aromatic N) is 4. The molecule has 4 rings (SSSR count). The number of benzene rings is 2. The molecule has 3 N–H and O–H groups in total. The Morgan fingerprint density at radius 2 is 1.80 bits per heavy atom. The van der Waals surface area contributed by atoms with E-state index in [1.807, 2.05) is 49.4 Å². The third-order valence-corrected chi connectivity index (χ3v) is 4.08. The number of halogens is 1. The maximum absolute atomic E-state index is 6.04. The molecule has 4 aromatic rings. The number of nitrogens with one attached hydrogen (secondary N) is 1. The number of anilines is 1. The Labute approximate surface area is 149 Å². The van der Waals surface area contributed by atoms with Crippen molar-refractivity contribution < 1.29 is 0 Å². The number of aromatic nitrogens is 4. The Morgan fingerprint density at radius 3 is 2.56 bits per heavy atom. The minimum Gasteiger partial charge on any atom is -0.305 e. The first-order valence-corrected chi connectivity index (χ1v) is 8.10. The van der Waals surface area contributed by atoms with Gasteiger partial charge in [0.25, 0.3) is 0 Å². The Morgan fingerprint density at radius 1 is 1.00 bits per heavy atom. The van der Waals surface area contributed by atoms with Crippen molar-refractivity contribution in [3.05, 3.63) is 65.3 Å². The van der Waals surface area contributed by atoms with Crippen LogP contribution in [0.1, 0.15) is 5.69 Å². The fourth-order valence-electron chi connectivity index (χ4n) is 2.74. The van der Waals surface area contributed by atoms with E-state index in [0.717, 1.165) is 17.0 Å². The number of nitrogens with two attached hydrogens (primary N) is 1. The van der Waals surface area contributed by atoms with Crippen LogP contribution in [0.15, 0.2) is 54.6 Å². The van der Waals surface area contributed by atoms with Crippen molar-refractivity contribution in [3.8, 4) is 17.1 Å². The normalized spacial score (nSPS) is 11.0. The highest BCUT2D eigenvalue weighted by Crippen LogP contribution is 2.27. The van der Waals surface area contributed by atoms with E-state index in [1.54, 1.807) is 16.8 Å². The highest BCUT2D eigenvalue weighted by Gasteiger charge is 2.16. The average molecular weight is 351 g/mol. The molecule has 0 saturated heterocycles. The summed E-state index contributed by atoms with van der Waals surface area (Å²) >= 11 is 6.04. The summed E-state index contributed by atoms with van der Waals surface area (Å²) in [5.74, 6) is 6.64. The second kappa shape index (κ2) is 6.16. The lowest BCUT2D eigenvalue weighted by Crippen LogP contribution is -2.15. The van der Waals surface area contributed by atoms with E-state index in [1.165, 1.54) is 0 Å². The van der Waals surface area contributed by atoms with E-state index in [9.17, 15) is 0 Å². The molecule has 0 aliphatic heterocycles. The summed E-state index contributed by atoms with van der Waals surface area (Å²) in [5, 5.41) is 5.18. The highest BCUT2D eigenvalue weighted by molar-refractivity contribution is 6.31. The van der Waals surface area contributed by atoms with Gasteiger partial charge < -0.3 is 5.43 Å². The average Bonchev–Trinajstić information content (AvgIpc) is 3.03. The molecule has 2 aromatic carbocycles. The van der Waals surface area contributed by atoms with Crippen molar-refractivity contribution >= 4 is 28.5 Å². The van der Waals surface area contributed by atoms with Crippen LogP contribution in [0.5, 0.6) is 0 Å². The summed E-state index contributed by atoms with van der Waals surface area (Å²) in [7, 11) is 0. The molecule has 0 radical (unpaired) electrons. The zero-order chi connectivity index (χ0) is 17.4. The van der Waals surface area contributed by atoms with Gasteiger partial charge >= 0.3 is 0 Å². The smallest absolute Gasteiger partial charge is 0.199 e. The van der Waals surface area contributed by atoms with Gasteiger partial charge in [-0.05, 0) is 31.2 Å². The summed E-state index contributed by atoms with van der Waals surface area (Å²) < 4.78 is 1.75. The molecule has 2 heterocycles. The topological polar surface area (TPSA) is 81.7 Å². The molecular formula is C18H15ClN6. The van der Waals surface area contributed by atoms with Crippen LogP contribution < -0.4 is 11.3 Å². The SMILES string of the molecule is Cc1cc(-c2ccccc2)n(-c2nc3ccc(Cl)cc3nc2NN)n1. The zero-order valence-electron chi connectivity index (χ0n) is 13.4. The van der Waals surface area contributed by atoms with Crippen molar-refractivity contribution in [1.82, 2.24) is 19.7 Å². The van der Waals surface area contributed by atoms with E-state index in [2.05, 4.69) is 15.5 Å². The monoisotopic (exact) mass is 350 g/mol. The first kappa shape index (κ1) is 15.6. The van der Waals surface area contributed by atoms with Gasteiger partial charge in [0.1, 0.15) is 0 Å². The van der Waals surface area contributed by atoms with E-state index in [4.69, 9.17) is 22.4 Å². The second-order valence-electron chi connectivity index (χ2n) is 5.62. The first-order valence-electron chi connectivity index (χ1n) is 7.72. The molecule has 25 heavy (non-hydrogen) atoms. The van der Waals surface area contributed by atoms with E-state index >= 15 is 0 Å². The van der Waals surface area contributed by atoms with Gasteiger partial charge in [0.15, 0.2) is 11.6 Å². The van der Waals surface area contributed by atoms with Gasteiger partial charge in [0.05, 0.1) is 22.4 Å². The molecule has 7 heteroatoms. The molecule has 0 atom stereocenters. The van der Waals surface area contributed by atoms with Crippen LogP contribution in [0.3, 0.4) is 0 Å². The van der Waals surface area contributed by atoms with Crippen LogP contribution in [0.2, 0.25) is 5.02 Å². The number of aryl methyl sites for hydroxylation is 1. The lowest BCUT2D eigenvalue weighted by molar-refractivity contribution is 0.839. The molecule has 0 unspecified atom stereocenters. The van der Waals surface area contributed by atoms with Crippen LogP contribution in [0.25, 0.3) is 28.1 Å². The lowest BCUT2D eigenvalue weighted by atomic mass is 10.1. The van der Waals surface area contributed by atoms with Gasteiger partial charge in [-0.15, -0.1) is 0 Å². The summed E-state index contributed by atoms with van der Waals surface area (Å²) in [6, 6.07) is 17.4. The number of fused-ring (bicyclic) bond motifs is 1. The molecule has 6 nitrogen and oxygen atoms in total. The van der Waals surface area contributed by atoms with Gasteiger partial charge in [-0.25, -0.2) is 20.5 Å². The Kier molecular flexibility index (Phi) is 3.83. The van der Waals surface area contributed by atoms with Crippen molar-refractivity contribution in [2.24, 2.45) is 5.84 Å². The molecule has 2 aromatic heterocycles. The van der Waals surface area contributed by atoms with Gasteiger partial charge in [-0.2, -0.15) is 5.10 Å². The highest BCUT2D eigenvalue weighted by atomic mass is 35.5. The van der Waals surface area contributed by atoms with Gasteiger partial charge in [0, 0.05) is 10.6 Å². The van der Waals surface area contributed by atoms with E-state index in [0.29, 0.717) is 27.7 Å². The largest absolute Gasteiger partial charge is 0.305 e. The summed E-state index contributed by atoms with van der Waals surface area (Å²) in [4.78, 5) is 9.22. The van der Waals surface area contributed by atoms with Crippen LogP contribution >= 0.6 is 11.6 Å². The first-order chi connectivity index (χ1) is 12.2. The number of hydrazine groups is 1. The Balaban J connectivity index is 1.97. The van der Waals surface area contributed by atoms with E-state index < -0.39 is 0 Å². The zero-order valence-corrected chi connectivity index (χ0v) is 14.2. The number of nitrogen functional groups attached to an aromatic ring is 1. The maximum Gasteiger partial charge on any atom is 0.199 e. The lowest BCUT2D eigenvalue weighted by Gasteiger charge is -2.12. The van der Waals surface area contributed by atoms with Crippen molar-refractivity contribution in [2.75, 3.05) is 5.43 Å². The minimum atomic E-state index is 0.426. The maximum atomic E-state index is 6.04. The molecule has 0 aliphatic carbocycles. The molecular weight excluding hydrogens is 336 g/mol. The van der Waals surface area contributed by atoms with Crippen LogP contribution in [-0.4, -0.2) is 19.7 Å². The van der Waals surface area contributed by atoms with Crippen LogP contribution in [0, 0.1) is 6.92 Å². The number of hydrogen-bond donors (Lipinski definition) is 2. The summed E-state index contributed by atoms with van der Waals surface area (Å²) in [6.07, 6.45) is 0. The standard InChI is InChI=1S/C18H15ClN6/c1-11-9-16(12-5-3-2-4-6-12)25(24-11)18-17(23-20)21-15-10-13(19)7-8-14(15)22-18/h2-10H,20H2,1H3,(H,21,23). The van der Waals surface area contributed by atoms with E-state index in [-0.39, 0.29) is 0 Å². The van der Waals surface area contributed by atoms with Gasteiger partial charge in [-0.1, -0.05) is 41.9 Å². The Bertz CT molecular complexity index is 1060. The second-order valence-corrected chi connectivity index (χ2v) is 6.06. The Hall–Kier alpha value is -2.96. The summed E-state index contributed by atoms with van der Waals surface area (Å²) in [5.41, 5.74) is 6.81. The molecule has 0 saturated carbocycles. The predicted octanol–water partition coefficient (Wildman–Crippen LogP) is 3.73. The minimum absolute atomic E-state index is 0.426. The number of rotatable bonds is 3. The molecule has 124 valence electrons. The van der Waals surface area contributed by atoms with Gasteiger partial charge in [-0.3, -0.25) is 0 Å². The third kappa shape index (κ3) is 2.82. The number of hydrogen-bond acceptors (Lipinski definition) is 5. The molecule has 0 spiro atoms. The van der Waals surface area contributed by atoms with Crippen molar-refractivity contribution in [3.63, 3.8) is 0 Å². The summed E-state index contributed by atoms with van der Waals surface area (Å²) in [6.45, 7) is 1.94. The molecule has 0 bridgehead atoms.